The number of fused-ring (bicyclic) bond motifs is 5. The highest BCUT2D eigenvalue weighted by Crippen LogP contribution is 2.67. The Bertz CT molecular complexity index is 719. The van der Waals surface area contributed by atoms with Crippen LogP contribution >= 0.6 is 0 Å². The maximum Gasteiger partial charge on any atom is 0.317 e. The summed E-state index contributed by atoms with van der Waals surface area (Å²) in [6.45, 7) is 12.4. The predicted molar refractivity (Wildman–Crippen MR) is 130 cm³/mol. The number of carbonyl (C=O) groups excluding carboxylic acids is 1. The number of ketones is 1. The molecule has 1 aliphatic heterocycles. The van der Waals surface area contributed by atoms with Crippen LogP contribution in [-0.4, -0.2) is 54.6 Å². The van der Waals surface area contributed by atoms with Gasteiger partial charge in [0.2, 0.25) is 0 Å². The fraction of sp³-hybridized carbons (Fsp3) is 0.929. The molecule has 0 aromatic rings. The van der Waals surface area contributed by atoms with Crippen molar-refractivity contribution in [3.05, 3.63) is 0 Å². The Morgan fingerprint density at radius 2 is 1.61 bits per heavy atom. The zero-order valence-electron chi connectivity index (χ0n) is 21.5. The maximum atomic E-state index is 12.2. The van der Waals surface area contributed by atoms with Gasteiger partial charge in [0.05, 0.1) is 19.8 Å². The van der Waals surface area contributed by atoms with Gasteiger partial charge in [0, 0.05) is 19.0 Å². The molecular formula is C28H47NO4. The van der Waals surface area contributed by atoms with Crippen LogP contribution in [0.5, 0.6) is 0 Å². The quantitative estimate of drug-likeness (QED) is 0.620. The molecular weight excluding hydrogens is 414 g/mol. The van der Waals surface area contributed by atoms with Crippen molar-refractivity contribution < 1.29 is 19.4 Å². The van der Waals surface area contributed by atoms with E-state index in [9.17, 15) is 9.59 Å². The molecule has 1 N–H and O–H groups in total. The van der Waals surface area contributed by atoms with E-state index in [0.717, 1.165) is 42.7 Å². The monoisotopic (exact) mass is 461 g/mol. The van der Waals surface area contributed by atoms with Crippen LogP contribution in [0.4, 0.5) is 0 Å². The molecule has 1 saturated heterocycles. The van der Waals surface area contributed by atoms with Gasteiger partial charge < -0.3 is 9.84 Å². The number of morpholine rings is 1. The molecule has 5 aliphatic rings. The molecule has 4 aliphatic carbocycles. The first kappa shape index (κ1) is 25.2. The lowest BCUT2D eigenvalue weighted by molar-refractivity contribution is -0.139. The van der Waals surface area contributed by atoms with Gasteiger partial charge in [0.15, 0.2) is 0 Å². The topological polar surface area (TPSA) is 66.8 Å². The van der Waals surface area contributed by atoms with Crippen LogP contribution < -0.4 is 0 Å². The van der Waals surface area contributed by atoms with Gasteiger partial charge in [-0.25, -0.2) is 0 Å². The summed E-state index contributed by atoms with van der Waals surface area (Å²) in [5.41, 5.74) is 0.948. The predicted octanol–water partition coefficient (Wildman–Crippen LogP) is 5.27. The third-order valence-electron chi connectivity index (χ3n) is 10.9. The summed E-state index contributed by atoms with van der Waals surface area (Å²) in [5.74, 6) is 4.73. The third kappa shape index (κ3) is 4.91. The van der Waals surface area contributed by atoms with Gasteiger partial charge in [-0.05, 0) is 98.7 Å². The summed E-state index contributed by atoms with van der Waals surface area (Å²) in [6, 6.07) is 0. The van der Waals surface area contributed by atoms with Crippen molar-refractivity contribution >= 4 is 11.8 Å². The number of hydrogen-bond donors (Lipinski definition) is 1. The van der Waals surface area contributed by atoms with E-state index in [4.69, 9.17) is 9.84 Å². The normalized spacial score (nSPS) is 45.1. The van der Waals surface area contributed by atoms with Crippen molar-refractivity contribution in [3.63, 3.8) is 0 Å². The molecule has 33 heavy (non-hydrogen) atoms. The van der Waals surface area contributed by atoms with E-state index in [1.807, 2.05) is 11.8 Å². The second kappa shape index (κ2) is 9.97. The highest BCUT2D eigenvalue weighted by Gasteiger charge is 2.60. The van der Waals surface area contributed by atoms with Crippen LogP contribution in [0.3, 0.4) is 0 Å². The van der Waals surface area contributed by atoms with Crippen molar-refractivity contribution in [2.24, 2.45) is 46.3 Å². The molecule has 5 fully saturated rings. The van der Waals surface area contributed by atoms with Crippen LogP contribution in [0, 0.1) is 46.3 Å². The maximum absolute atomic E-state index is 12.2. The number of Topliss-reactive ketones (excluding diaryl/α,β-unsaturated/α-hetero) is 1. The highest BCUT2D eigenvalue weighted by molar-refractivity contribution is 5.79. The average Bonchev–Trinajstić information content (AvgIpc) is 3.12. The minimum Gasteiger partial charge on any atom is -0.480 e. The number of ether oxygens (including phenoxy) is 1. The van der Waals surface area contributed by atoms with Crippen LogP contribution in [-0.2, 0) is 14.3 Å². The van der Waals surface area contributed by atoms with Crippen LogP contribution in [0.15, 0.2) is 0 Å². The Morgan fingerprint density at radius 1 is 0.939 bits per heavy atom. The summed E-state index contributed by atoms with van der Waals surface area (Å²) in [6.07, 6.45) is 12.6. The molecule has 0 aromatic heterocycles. The summed E-state index contributed by atoms with van der Waals surface area (Å²) in [7, 11) is 0. The number of carboxylic acid groups (broad SMARTS) is 1. The fourth-order valence-electron chi connectivity index (χ4n) is 9.09. The first-order valence-electron chi connectivity index (χ1n) is 13.7. The number of nitrogens with zero attached hydrogens (tertiary/aromatic N) is 1. The molecule has 0 amide bonds. The second-order valence-corrected chi connectivity index (χ2v) is 12.6. The van der Waals surface area contributed by atoms with Crippen molar-refractivity contribution in [2.75, 3.05) is 32.8 Å². The minimum atomic E-state index is -0.762. The fourth-order valence-corrected chi connectivity index (χ4v) is 9.09. The first-order valence-corrected chi connectivity index (χ1v) is 13.7. The van der Waals surface area contributed by atoms with Gasteiger partial charge in [-0.2, -0.15) is 0 Å². The van der Waals surface area contributed by atoms with Crippen molar-refractivity contribution in [2.45, 2.75) is 85.5 Å². The molecule has 8 atom stereocenters. The van der Waals surface area contributed by atoms with E-state index in [-0.39, 0.29) is 6.54 Å². The van der Waals surface area contributed by atoms with Gasteiger partial charge in [-0.3, -0.25) is 14.5 Å². The van der Waals surface area contributed by atoms with E-state index in [1.54, 1.807) is 0 Å². The highest BCUT2D eigenvalue weighted by atomic mass is 16.5. The van der Waals surface area contributed by atoms with E-state index in [2.05, 4.69) is 20.8 Å². The molecule has 4 saturated carbocycles. The summed E-state index contributed by atoms with van der Waals surface area (Å²) < 4.78 is 5.05. The molecule has 1 heterocycles. The number of aliphatic carboxylic acids is 1. The number of hydrogen-bond acceptors (Lipinski definition) is 4. The Balaban J connectivity index is 0.000000219. The zero-order valence-corrected chi connectivity index (χ0v) is 21.5. The SMILES string of the molecule is CC(=O)C1CCC2C3CCC4CC(C)CCC4(C)C3CCC12C.O=C(O)CN1CCOCC1. The summed E-state index contributed by atoms with van der Waals surface area (Å²) in [4.78, 5) is 24.2. The minimum absolute atomic E-state index is 0.142. The number of carbonyl (C=O) groups is 2. The van der Waals surface area contributed by atoms with Gasteiger partial charge >= 0.3 is 5.97 Å². The van der Waals surface area contributed by atoms with Gasteiger partial charge in [-0.1, -0.05) is 27.2 Å². The largest absolute Gasteiger partial charge is 0.480 e. The summed E-state index contributed by atoms with van der Waals surface area (Å²) >= 11 is 0. The van der Waals surface area contributed by atoms with Gasteiger partial charge in [-0.15, -0.1) is 0 Å². The number of rotatable bonds is 3. The Labute approximate surface area is 201 Å². The van der Waals surface area contributed by atoms with Crippen LogP contribution in [0.2, 0.25) is 0 Å². The van der Waals surface area contributed by atoms with Gasteiger partial charge in [0.25, 0.3) is 0 Å². The molecule has 5 nitrogen and oxygen atoms in total. The molecule has 0 bridgehead atoms. The molecule has 188 valence electrons. The molecule has 8 unspecified atom stereocenters. The Hall–Kier alpha value is -0.940. The molecule has 0 aromatic carbocycles. The van der Waals surface area contributed by atoms with Crippen LogP contribution in [0.1, 0.15) is 85.5 Å². The molecule has 0 spiro atoms. The van der Waals surface area contributed by atoms with Gasteiger partial charge in [0.1, 0.15) is 5.78 Å². The third-order valence-corrected chi connectivity index (χ3v) is 10.9. The van der Waals surface area contributed by atoms with E-state index < -0.39 is 5.97 Å². The van der Waals surface area contributed by atoms with Crippen LogP contribution in [0.25, 0.3) is 0 Å². The standard InChI is InChI=1S/C22H36O.C6H11NO3/c1-14-9-11-21(3)16(13-14)5-6-17-19-8-7-18(15(2)23)22(19,4)12-10-20(17)21;8-6(9)5-7-1-3-10-4-2-7/h14,16-20H,5-13H2,1-4H3;1-5H2,(H,8,9). The molecule has 0 radical (unpaired) electrons. The Morgan fingerprint density at radius 3 is 2.27 bits per heavy atom. The van der Waals surface area contributed by atoms with Crippen molar-refractivity contribution in [1.82, 2.24) is 4.90 Å². The smallest absolute Gasteiger partial charge is 0.317 e. The first-order chi connectivity index (χ1) is 15.6. The lowest BCUT2D eigenvalue weighted by Crippen LogP contribution is -2.53. The van der Waals surface area contributed by atoms with Crippen molar-refractivity contribution in [3.8, 4) is 0 Å². The van der Waals surface area contributed by atoms with Crippen molar-refractivity contribution in [1.29, 1.82) is 0 Å². The second-order valence-electron chi connectivity index (χ2n) is 12.6. The van der Waals surface area contributed by atoms with E-state index in [0.29, 0.717) is 35.7 Å². The lowest BCUT2D eigenvalue weighted by atomic mass is 9.44. The van der Waals surface area contributed by atoms with E-state index in [1.165, 1.54) is 57.8 Å². The summed E-state index contributed by atoms with van der Waals surface area (Å²) in [5, 5.41) is 8.38. The average molecular weight is 462 g/mol. The Kier molecular flexibility index (Phi) is 7.60. The molecule has 5 rings (SSSR count). The van der Waals surface area contributed by atoms with E-state index >= 15 is 0 Å². The lowest BCUT2D eigenvalue weighted by Gasteiger charge is -2.61. The molecule has 5 heteroatoms. The number of carboxylic acids is 1. The zero-order chi connectivity index (χ0) is 23.8.